The topological polar surface area (TPSA) is 44.1 Å². The molecular formula is C23H25IN2O2. The van der Waals surface area contributed by atoms with Crippen LogP contribution in [0, 0.1) is 9.49 Å². The lowest BCUT2D eigenvalue weighted by molar-refractivity contribution is -0.144. The van der Waals surface area contributed by atoms with Crippen molar-refractivity contribution >= 4 is 28.6 Å². The fourth-order valence-electron chi connectivity index (χ4n) is 3.38. The molecule has 1 heterocycles. The first-order valence-electron chi connectivity index (χ1n) is 9.43. The van der Waals surface area contributed by atoms with Crippen molar-refractivity contribution in [2.45, 2.75) is 32.7 Å². The summed E-state index contributed by atoms with van der Waals surface area (Å²) in [6.45, 7) is 4.36. The van der Waals surface area contributed by atoms with E-state index >= 15 is 0 Å². The summed E-state index contributed by atoms with van der Waals surface area (Å²) in [7, 11) is 1.45. The van der Waals surface area contributed by atoms with Crippen molar-refractivity contribution < 1.29 is 9.53 Å². The van der Waals surface area contributed by atoms with E-state index < -0.39 is 6.04 Å². The number of ether oxygens (including phenoxy) is 1. The zero-order chi connectivity index (χ0) is 20.1. The van der Waals surface area contributed by atoms with Gasteiger partial charge >= 0.3 is 5.97 Å². The van der Waals surface area contributed by atoms with Crippen LogP contribution in [0.5, 0.6) is 0 Å². The molecule has 0 N–H and O–H groups in total. The van der Waals surface area contributed by atoms with Gasteiger partial charge in [0.2, 0.25) is 0 Å². The van der Waals surface area contributed by atoms with Crippen LogP contribution in [0.2, 0.25) is 0 Å². The van der Waals surface area contributed by atoms with Gasteiger partial charge in [0.25, 0.3) is 0 Å². The molecule has 0 saturated heterocycles. The molecule has 2 aromatic carbocycles. The maximum absolute atomic E-state index is 12.7. The molecule has 1 aromatic heterocycles. The van der Waals surface area contributed by atoms with Crippen molar-refractivity contribution in [3.05, 3.63) is 75.8 Å². The van der Waals surface area contributed by atoms with Crippen LogP contribution in [0.25, 0.3) is 11.3 Å². The average molecular weight is 488 g/mol. The highest BCUT2D eigenvalue weighted by Gasteiger charge is 2.27. The average Bonchev–Trinajstić information content (AvgIpc) is 3.10. The van der Waals surface area contributed by atoms with E-state index in [0.29, 0.717) is 12.3 Å². The van der Waals surface area contributed by atoms with E-state index in [2.05, 4.69) is 60.7 Å². The first-order valence-corrected chi connectivity index (χ1v) is 10.5. The molecule has 0 radical (unpaired) electrons. The number of esters is 1. The van der Waals surface area contributed by atoms with Crippen molar-refractivity contribution in [1.82, 2.24) is 9.55 Å². The lowest BCUT2D eigenvalue weighted by atomic mass is 10.0. The van der Waals surface area contributed by atoms with E-state index in [9.17, 15) is 4.79 Å². The van der Waals surface area contributed by atoms with Crippen molar-refractivity contribution in [2.75, 3.05) is 7.11 Å². The van der Waals surface area contributed by atoms with Crippen LogP contribution in [-0.4, -0.2) is 22.6 Å². The second-order valence-corrected chi connectivity index (χ2v) is 8.41. The van der Waals surface area contributed by atoms with Crippen LogP contribution in [-0.2, 0) is 22.4 Å². The summed E-state index contributed by atoms with van der Waals surface area (Å²) in [5.74, 6) is 0.190. The Bertz CT molecular complexity index is 935. The lowest BCUT2D eigenvalue weighted by Gasteiger charge is -2.21. The van der Waals surface area contributed by atoms with E-state index in [1.54, 1.807) is 6.33 Å². The number of nitrogens with zero attached hydrogens (tertiary/aromatic N) is 2. The third-order valence-corrected chi connectivity index (χ3v) is 5.78. The molecule has 0 saturated carbocycles. The third-order valence-electron chi connectivity index (χ3n) is 4.73. The molecule has 5 heteroatoms. The largest absolute Gasteiger partial charge is 0.467 e. The van der Waals surface area contributed by atoms with Gasteiger partial charge in [-0.3, -0.25) is 0 Å². The van der Waals surface area contributed by atoms with Gasteiger partial charge in [0.15, 0.2) is 0 Å². The molecule has 28 heavy (non-hydrogen) atoms. The Morgan fingerprint density at radius 3 is 2.39 bits per heavy atom. The number of rotatable bonds is 7. The molecule has 0 spiro atoms. The molecule has 0 aliphatic rings. The number of carbonyl (C=O) groups excluding carboxylic acids is 1. The quantitative estimate of drug-likeness (QED) is 0.335. The summed E-state index contributed by atoms with van der Waals surface area (Å²) in [6.07, 6.45) is 3.20. The molecule has 1 atom stereocenters. The highest BCUT2D eigenvalue weighted by molar-refractivity contribution is 14.1. The third kappa shape index (κ3) is 4.63. The zero-order valence-electron chi connectivity index (χ0n) is 16.4. The number of benzene rings is 2. The standard InChI is InChI=1S/C23H25IN2O2/c1-16(2)13-20-22(17-9-5-4-6-10-17)25-15-26(20)21(23(27)28-3)14-18-11-7-8-12-19(18)24/h4-12,15-16,21H,13-14H2,1-3H3. The predicted octanol–water partition coefficient (Wildman–Crippen LogP) is 5.31. The minimum absolute atomic E-state index is 0.248. The Hall–Kier alpha value is -2.15. The predicted molar refractivity (Wildman–Crippen MR) is 120 cm³/mol. The maximum Gasteiger partial charge on any atom is 0.329 e. The SMILES string of the molecule is COC(=O)C(Cc1ccccc1I)n1cnc(-c2ccccc2)c1CC(C)C. The van der Waals surface area contributed by atoms with E-state index in [1.165, 1.54) is 7.11 Å². The van der Waals surface area contributed by atoms with Gasteiger partial charge in [0.05, 0.1) is 19.1 Å². The summed E-state index contributed by atoms with van der Waals surface area (Å²) in [5, 5.41) is 0. The number of hydrogen-bond acceptors (Lipinski definition) is 3. The van der Waals surface area contributed by atoms with Gasteiger partial charge in [-0.15, -0.1) is 0 Å². The van der Waals surface area contributed by atoms with Gasteiger partial charge in [0.1, 0.15) is 6.04 Å². The van der Waals surface area contributed by atoms with E-state index in [0.717, 1.165) is 32.5 Å². The maximum atomic E-state index is 12.7. The summed E-state index contributed by atoms with van der Waals surface area (Å²) >= 11 is 2.31. The van der Waals surface area contributed by atoms with Gasteiger partial charge in [-0.05, 0) is 46.6 Å². The van der Waals surface area contributed by atoms with E-state index in [1.807, 2.05) is 34.9 Å². The first kappa shape index (κ1) is 20.6. The minimum atomic E-state index is -0.445. The second kappa shape index (κ2) is 9.37. The summed E-state index contributed by atoms with van der Waals surface area (Å²) < 4.78 is 8.32. The van der Waals surface area contributed by atoms with Crippen molar-refractivity contribution in [3.63, 3.8) is 0 Å². The Morgan fingerprint density at radius 1 is 1.07 bits per heavy atom. The van der Waals surface area contributed by atoms with Gasteiger partial charge < -0.3 is 9.30 Å². The molecule has 4 nitrogen and oxygen atoms in total. The Morgan fingerprint density at radius 2 is 1.75 bits per heavy atom. The number of imidazole rings is 1. The fourth-order valence-corrected chi connectivity index (χ4v) is 3.99. The molecule has 1 unspecified atom stereocenters. The molecule has 0 aliphatic carbocycles. The smallest absolute Gasteiger partial charge is 0.329 e. The van der Waals surface area contributed by atoms with E-state index in [4.69, 9.17) is 9.72 Å². The summed E-state index contributed by atoms with van der Waals surface area (Å²) in [5.41, 5.74) is 4.20. The second-order valence-electron chi connectivity index (χ2n) is 7.25. The zero-order valence-corrected chi connectivity index (χ0v) is 18.6. The molecule has 3 rings (SSSR count). The van der Waals surface area contributed by atoms with Gasteiger partial charge in [-0.2, -0.15) is 0 Å². The highest BCUT2D eigenvalue weighted by atomic mass is 127. The Labute approximate surface area is 180 Å². The molecule has 3 aromatic rings. The van der Waals surface area contributed by atoms with Crippen LogP contribution in [0.4, 0.5) is 0 Å². The van der Waals surface area contributed by atoms with Crippen LogP contribution in [0.1, 0.15) is 31.1 Å². The van der Waals surface area contributed by atoms with Gasteiger partial charge in [-0.25, -0.2) is 9.78 Å². The van der Waals surface area contributed by atoms with Crippen molar-refractivity contribution in [2.24, 2.45) is 5.92 Å². The molecule has 0 fully saturated rings. The molecular weight excluding hydrogens is 463 g/mol. The first-order chi connectivity index (χ1) is 13.5. The van der Waals surface area contributed by atoms with Crippen LogP contribution in [0.15, 0.2) is 60.9 Å². The lowest BCUT2D eigenvalue weighted by Crippen LogP contribution is -2.25. The molecule has 0 aliphatic heterocycles. The number of carbonyl (C=O) groups is 1. The van der Waals surface area contributed by atoms with Crippen molar-refractivity contribution in [3.8, 4) is 11.3 Å². The van der Waals surface area contributed by atoms with Crippen molar-refractivity contribution in [1.29, 1.82) is 0 Å². The highest BCUT2D eigenvalue weighted by Crippen LogP contribution is 2.29. The number of methoxy groups -OCH3 is 1. The fraction of sp³-hybridized carbons (Fsp3) is 0.304. The van der Waals surface area contributed by atoms with Gasteiger partial charge in [-0.1, -0.05) is 62.4 Å². The Kier molecular flexibility index (Phi) is 6.88. The molecule has 146 valence electrons. The monoisotopic (exact) mass is 488 g/mol. The van der Waals surface area contributed by atoms with Crippen LogP contribution >= 0.6 is 22.6 Å². The minimum Gasteiger partial charge on any atom is -0.467 e. The number of halogens is 1. The van der Waals surface area contributed by atoms with Crippen LogP contribution in [0.3, 0.4) is 0 Å². The number of hydrogen-bond donors (Lipinski definition) is 0. The van der Waals surface area contributed by atoms with Gasteiger partial charge in [0, 0.05) is 21.2 Å². The summed E-state index contributed by atoms with van der Waals surface area (Å²) in [6, 6.07) is 17.8. The number of aromatic nitrogens is 2. The Balaban J connectivity index is 2.08. The summed E-state index contributed by atoms with van der Waals surface area (Å²) in [4.78, 5) is 17.4. The van der Waals surface area contributed by atoms with E-state index in [-0.39, 0.29) is 5.97 Å². The van der Waals surface area contributed by atoms with Crippen LogP contribution < -0.4 is 0 Å². The molecule has 0 bridgehead atoms. The molecule has 0 amide bonds. The normalized spacial score (nSPS) is 12.2.